The first-order chi connectivity index (χ1) is 15.9. The third-order valence-electron chi connectivity index (χ3n) is 8.03. The van der Waals surface area contributed by atoms with Gasteiger partial charge in [-0.15, -0.1) is 0 Å². The predicted molar refractivity (Wildman–Crippen MR) is 143 cm³/mol. The largest absolute Gasteiger partial charge is 0.396 e. The average Bonchev–Trinajstić information content (AvgIpc) is 2.77. The third kappa shape index (κ3) is 8.62. The first kappa shape index (κ1) is 30.5. The van der Waals surface area contributed by atoms with Crippen molar-refractivity contribution in [1.82, 2.24) is 0 Å². The topological polar surface area (TPSA) is 77.8 Å². The van der Waals surface area contributed by atoms with E-state index in [2.05, 4.69) is 45.9 Å². The van der Waals surface area contributed by atoms with Crippen LogP contribution in [-0.4, -0.2) is 39.9 Å². The summed E-state index contributed by atoms with van der Waals surface area (Å²) in [4.78, 5) is 11.6. The van der Waals surface area contributed by atoms with Crippen molar-refractivity contribution in [3.8, 4) is 0 Å². The average molecular weight is 475 g/mol. The molecule has 1 saturated carbocycles. The summed E-state index contributed by atoms with van der Waals surface area (Å²) < 4.78 is 0. The minimum Gasteiger partial charge on any atom is -0.396 e. The molecule has 34 heavy (non-hydrogen) atoms. The molecule has 4 heteroatoms. The Bertz CT molecular complexity index is 767. The van der Waals surface area contributed by atoms with Crippen LogP contribution in [0.15, 0.2) is 46.6 Å². The van der Waals surface area contributed by atoms with Crippen molar-refractivity contribution in [3.05, 3.63) is 46.6 Å². The van der Waals surface area contributed by atoms with Crippen LogP contribution in [0.2, 0.25) is 0 Å². The van der Waals surface area contributed by atoms with Gasteiger partial charge in [0.05, 0.1) is 11.7 Å². The maximum Gasteiger partial charge on any atom is 0.145 e. The lowest BCUT2D eigenvalue weighted by Crippen LogP contribution is -2.52. The van der Waals surface area contributed by atoms with Crippen LogP contribution >= 0.6 is 0 Å². The van der Waals surface area contributed by atoms with Gasteiger partial charge in [0.15, 0.2) is 0 Å². The monoisotopic (exact) mass is 474 g/mol. The summed E-state index contributed by atoms with van der Waals surface area (Å²) in [6.07, 6.45) is 15.0. The maximum atomic E-state index is 11.6. The molecule has 194 valence electrons. The van der Waals surface area contributed by atoms with E-state index in [-0.39, 0.29) is 12.5 Å². The zero-order chi connectivity index (χ0) is 25.9. The summed E-state index contributed by atoms with van der Waals surface area (Å²) in [5.74, 6) is 0.460. The summed E-state index contributed by atoms with van der Waals surface area (Å²) >= 11 is 0. The number of aldehydes is 1. The Morgan fingerprint density at radius 3 is 2.38 bits per heavy atom. The Morgan fingerprint density at radius 1 is 1.12 bits per heavy atom. The third-order valence-corrected chi connectivity index (χ3v) is 8.03. The van der Waals surface area contributed by atoms with Crippen LogP contribution in [-0.2, 0) is 4.79 Å². The molecule has 0 aromatic carbocycles. The van der Waals surface area contributed by atoms with Gasteiger partial charge in [-0.05, 0) is 109 Å². The number of carbonyl (C=O) groups is 1. The Morgan fingerprint density at radius 2 is 1.79 bits per heavy atom. The molecule has 0 unspecified atom stereocenters. The zero-order valence-corrected chi connectivity index (χ0v) is 22.7. The molecule has 0 aromatic heterocycles. The van der Waals surface area contributed by atoms with Crippen molar-refractivity contribution >= 4 is 6.29 Å². The van der Waals surface area contributed by atoms with E-state index in [1.807, 2.05) is 26.8 Å². The van der Waals surface area contributed by atoms with Gasteiger partial charge < -0.3 is 15.3 Å². The standard InChI is InChI=1S/C30H50O4/c1-22(2)11-8-12-23(3)15-16-28(33)24(4)13-9-18-29(6)27(14-10-20-31)26(25(5)21-32)17-19-30(29,7)34/h11,13,15-16,21,23,27-28,31,33-34H,8-10,12,14,17-20H2,1-7H3/b16-15+,24-13+,26-25-/t23-,27+,28-,29-,30-/m0/s1. The zero-order valence-electron chi connectivity index (χ0n) is 22.7. The fourth-order valence-electron chi connectivity index (χ4n) is 5.28. The second kappa shape index (κ2) is 14.2. The van der Waals surface area contributed by atoms with Crippen LogP contribution in [0.3, 0.4) is 0 Å². The molecule has 0 spiro atoms. The van der Waals surface area contributed by atoms with Gasteiger partial charge in [0.1, 0.15) is 6.29 Å². The fraction of sp³-hybridized carbons (Fsp3) is 0.700. The molecule has 0 heterocycles. The SMILES string of the molecule is CC(C)=CCC[C@H](C)/C=C/[C@H](O)/C(C)=C/CC[C@@]1(C)[C@H](CCCO)/C(=C(/C)C=O)CC[C@]1(C)O. The van der Waals surface area contributed by atoms with Crippen molar-refractivity contribution in [2.24, 2.45) is 17.3 Å². The van der Waals surface area contributed by atoms with Crippen molar-refractivity contribution in [2.75, 3.05) is 6.61 Å². The van der Waals surface area contributed by atoms with Gasteiger partial charge in [-0.1, -0.05) is 49.3 Å². The van der Waals surface area contributed by atoms with Crippen LogP contribution in [0.5, 0.6) is 0 Å². The number of hydrogen-bond donors (Lipinski definition) is 3. The minimum absolute atomic E-state index is 0.0498. The van der Waals surface area contributed by atoms with Crippen LogP contribution in [0.1, 0.15) is 99.8 Å². The predicted octanol–water partition coefficient (Wildman–Crippen LogP) is 6.47. The maximum absolute atomic E-state index is 11.6. The van der Waals surface area contributed by atoms with Crippen molar-refractivity contribution in [2.45, 2.75) is 112 Å². The van der Waals surface area contributed by atoms with Gasteiger partial charge in [-0.25, -0.2) is 0 Å². The number of carbonyl (C=O) groups excluding carboxylic acids is 1. The summed E-state index contributed by atoms with van der Waals surface area (Å²) in [6.45, 7) is 14.4. The fourth-order valence-corrected chi connectivity index (χ4v) is 5.28. The molecule has 1 fully saturated rings. The first-order valence-electron chi connectivity index (χ1n) is 13.0. The van der Waals surface area contributed by atoms with E-state index < -0.39 is 17.1 Å². The van der Waals surface area contributed by atoms with Gasteiger partial charge in [-0.3, -0.25) is 4.79 Å². The van der Waals surface area contributed by atoms with Crippen LogP contribution in [0, 0.1) is 17.3 Å². The highest BCUT2D eigenvalue weighted by Gasteiger charge is 2.52. The molecule has 0 saturated heterocycles. The Balaban J connectivity index is 2.93. The summed E-state index contributed by atoms with van der Waals surface area (Å²) in [7, 11) is 0. The number of aliphatic hydroxyl groups excluding tert-OH is 2. The van der Waals surface area contributed by atoms with Gasteiger partial charge in [0, 0.05) is 12.0 Å². The van der Waals surface area contributed by atoms with E-state index >= 15 is 0 Å². The van der Waals surface area contributed by atoms with Gasteiger partial charge in [0.25, 0.3) is 0 Å². The van der Waals surface area contributed by atoms with Crippen LogP contribution < -0.4 is 0 Å². The molecule has 1 aliphatic carbocycles. The smallest absolute Gasteiger partial charge is 0.145 e. The second-order valence-electron chi connectivity index (χ2n) is 11.1. The molecule has 5 atom stereocenters. The molecule has 4 nitrogen and oxygen atoms in total. The molecule has 0 amide bonds. The van der Waals surface area contributed by atoms with Crippen molar-refractivity contribution in [3.63, 3.8) is 0 Å². The molecule has 0 aromatic rings. The van der Waals surface area contributed by atoms with E-state index in [4.69, 9.17) is 0 Å². The molecule has 1 rings (SSSR count). The lowest BCUT2D eigenvalue weighted by Gasteiger charge is -2.53. The van der Waals surface area contributed by atoms with Gasteiger partial charge in [0.2, 0.25) is 0 Å². The molecule has 0 aliphatic heterocycles. The van der Waals surface area contributed by atoms with E-state index in [1.54, 1.807) is 0 Å². The number of hydrogen-bond acceptors (Lipinski definition) is 4. The summed E-state index contributed by atoms with van der Waals surface area (Å²) in [5, 5.41) is 31.5. The molecule has 0 bridgehead atoms. The highest BCUT2D eigenvalue weighted by Crippen LogP contribution is 2.55. The quantitative estimate of drug-likeness (QED) is 0.162. The van der Waals surface area contributed by atoms with Crippen LogP contribution in [0.25, 0.3) is 0 Å². The van der Waals surface area contributed by atoms with Gasteiger partial charge >= 0.3 is 0 Å². The highest BCUT2D eigenvalue weighted by molar-refractivity contribution is 5.74. The highest BCUT2D eigenvalue weighted by atomic mass is 16.3. The van der Waals surface area contributed by atoms with E-state index in [9.17, 15) is 20.1 Å². The lowest BCUT2D eigenvalue weighted by atomic mass is 9.54. The molecule has 3 N–H and O–H groups in total. The van der Waals surface area contributed by atoms with E-state index in [1.165, 1.54) is 5.57 Å². The minimum atomic E-state index is -0.860. The van der Waals surface area contributed by atoms with Crippen LogP contribution in [0.4, 0.5) is 0 Å². The van der Waals surface area contributed by atoms with Crippen molar-refractivity contribution in [1.29, 1.82) is 0 Å². The van der Waals surface area contributed by atoms with E-state index in [0.717, 1.165) is 55.1 Å². The Hall–Kier alpha value is -1.49. The summed E-state index contributed by atoms with van der Waals surface area (Å²) in [6, 6.07) is 0. The Kier molecular flexibility index (Phi) is 12.7. The Labute approximate surface area is 208 Å². The number of rotatable bonds is 13. The van der Waals surface area contributed by atoms with Gasteiger partial charge in [-0.2, -0.15) is 0 Å². The molecular weight excluding hydrogens is 424 g/mol. The summed E-state index contributed by atoms with van der Waals surface area (Å²) in [5.41, 5.74) is 2.86. The molecular formula is C30H50O4. The number of allylic oxidation sites excluding steroid dienone is 6. The number of aliphatic hydroxyl groups is 3. The van der Waals surface area contributed by atoms with E-state index in [0.29, 0.717) is 25.2 Å². The lowest BCUT2D eigenvalue weighted by molar-refractivity contribution is -0.115. The molecule has 1 aliphatic rings. The second-order valence-corrected chi connectivity index (χ2v) is 11.1. The first-order valence-corrected chi connectivity index (χ1v) is 13.0. The molecule has 0 radical (unpaired) electrons. The normalized spacial score (nSPS) is 29.1. The van der Waals surface area contributed by atoms with Crippen molar-refractivity contribution < 1.29 is 20.1 Å².